The lowest BCUT2D eigenvalue weighted by molar-refractivity contribution is 0.898. The second-order valence-corrected chi connectivity index (χ2v) is 12.3. The molecule has 0 aliphatic carbocycles. The Labute approximate surface area is 103 Å². The van der Waals surface area contributed by atoms with E-state index in [9.17, 15) is 0 Å². The van der Waals surface area contributed by atoms with Crippen LogP contribution in [0.15, 0.2) is 24.3 Å². The lowest BCUT2D eigenvalue weighted by Crippen LogP contribution is -2.13. The van der Waals surface area contributed by atoms with Crippen LogP contribution in [0.25, 0.3) is 0 Å². The highest BCUT2D eigenvalue weighted by atomic mass is 35.7. The first-order valence-corrected chi connectivity index (χ1v) is 10.2. The summed E-state index contributed by atoms with van der Waals surface area (Å²) >= 11 is 12.2. The van der Waals surface area contributed by atoms with Crippen LogP contribution in [0.5, 0.6) is 0 Å². The summed E-state index contributed by atoms with van der Waals surface area (Å²) in [4.78, 5) is 0. The molecule has 0 radical (unpaired) electrons. The van der Waals surface area contributed by atoms with Crippen LogP contribution in [0.4, 0.5) is 0 Å². The molecule has 3 heteroatoms. The molecule has 1 aromatic carbocycles. The third-order valence-electron chi connectivity index (χ3n) is 2.47. The van der Waals surface area contributed by atoms with Crippen molar-refractivity contribution in [1.29, 1.82) is 0 Å². The largest absolute Gasteiger partial charge is 0.248 e. The van der Waals surface area contributed by atoms with Gasteiger partial charge in [0.1, 0.15) is 0 Å². The second-order valence-electron chi connectivity index (χ2n) is 4.09. The molecule has 0 unspecified atom stereocenters. The Bertz CT molecular complexity index is 305. The third-order valence-corrected chi connectivity index (χ3v) is 4.73. The maximum Gasteiger partial charge on any atom is 0.248 e. The van der Waals surface area contributed by atoms with Crippen molar-refractivity contribution in [2.45, 2.75) is 38.8 Å². The van der Waals surface area contributed by atoms with Crippen molar-refractivity contribution < 1.29 is 0 Å². The molecule has 0 bridgehead atoms. The van der Waals surface area contributed by atoms with Crippen LogP contribution in [-0.2, 0) is 12.8 Å². The Morgan fingerprint density at radius 2 is 1.60 bits per heavy atom. The minimum absolute atomic E-state index is 0.941. The lowest BCUT2D eigenvalue weighted by Gasteiger charge is -2.12. The fraction of sp³-hybridized carbons (Fsp3) is 0.500. The highest BCUT2D eigenvalue weighted by Gasteiger charge is 2.20. The van der Waals surface area contributed by atoms with Crippen LogP contribution in [0.1, 0.15) is 24.5 Å². The number of hydrogen-bond acceptors (Lipinski definition) is 0. The molecule has 0 spiro atoms. The van der Waals surface area contributed by atoms with Crippen molar-refractivity contribution in [2.75, 3.05) is 0 Å². The fourth-order valence-corrected chi connectivity index (χ4v) is 2.94. The summed E-state index contributed by atoms with van der Waals surface area (Å²) in [6, 6.07) is 9.54. The molecule has 0 N–H and O–H groups in total. The van der Waals surface area contributed by atoms with E-state index in [0.717, 1.165) is 18.9 Å². The second kappa shape index (κ2) is 5.93. The van der Waals surface area contributed by atoms with E-state index in [1.165, 1.54) is 17.5 Å². The summed E-state index contributed by atoms with van der Waals surface area (Å²) < 4.78 is 0. The van der Waals surface area contributed by atoms with Crippen molar-refractivity contribution in [3.05, 3.63) is 35.4 Å². The zero-order valence-electron chi connectivity index (χ0n) is 9.39. The monoisotopic (exact) mass is 260 g/mol. The van der Waals surface area contributed by atoms with Gasteiger partial charge in [-0.05, 0) is 36.6 Å². The summed E-state index contributed by atoms with van der Waals surface area (Å²) in [6.07, 6.45) is 3.36. The van der Waals surface area contributed by atoms with E-state index >= 15 is 0 Å². The molecule has 84 valence electrons. The molecular formula is C12H18Cl2Si. The van der Waals surface area contributed by atoms with Gasteiger partial charge >= 0.3 is 0 Å². The van der Waals surface area contributed by atoms with Crippen LogP contribution in [0, 0.1) is 0 Å². The van der Waals surface area contributed by atoms with E-state index < -0.39 is 6.69 Å². The zero-order valence-corrected chi connectivity index (χ0v) is 11.9. The summed E-state index contributed by atoms with van der Waals surface area (Å²) in [7, 11) is 0. The molecule has 0 nitrogen and oxygen atoms in total. The van der Waals surface area contributed by atoms with Gasteiger partial charge in [-0.3, -0.25) is 0 Å². The van der Waals surface area contributed by atoms with Gasteiger partial charge in [-0.1, -0.05) is 37.6 Å². The highest BCUT2D eigenvalue weighted by molar-refractivity contribution is 7.44. The first kappa shape index (κ1) is 13.1. The molecule has 0 fully saturated rings. The third kappa shape index (κ3) is 5.05. The molecule has 15 heavy (non-hydrogen) atoms. The number of rotatable bonds is 5. The standard InChI is InChI=1S/C12H18Cl2Si/c1-3-6-11-7-4-5-8-12(11)9-10-15(2,13)14/h4-5,7-8H,3,6,9-10H2,1-2H3. The predicted molar refractivity (Wildman–Crippen MR) is 72.3 cm³/mol. The molecule has 0 atom stereocenters. The zero-order chi connectivity index (χ0) is 11.3. The first-order valence-electron chi connectivity index (χ1n) is 5.47. The van der Waals surface area contributed by atoms with Gasteiger partial charge in [0, 0.05) is 0 Å². The minimum atomic E-state index is -1.94. The Morgan fingerprint density at radius 1 is 1.07 bits per heavy atom. The number of benzene rings is 1. The van der Waals surface area contributed by atoms with Crippen LogP contribution < -0.4 is 0 Å². The molecule has 0 aliphatic rings. The molecule has 0 saturated heterocycles. The molecular weight excluding hydrogens is 243 g/mol. The maximum absolute atomic E-state index is 6.12. The van der Waals surface area contributed by atoms with Gasteiger partial charge in [-0.2, -0.15) is 0 Å². The summed E-state index contributed by atoms with van der Waals surface area (Å²) in [5.41, 5.74) is 2.87. The van der Waals surface area contributed by atoms with Crippen molar-refractivity contribution in [2.24, 2.45) is 0 Å². The van der Waals surface area contributed by atoms with Gasteiger partial charge in [0.05, 0.1) is 0 Å². The molecule has 1 rings (SSSR count). The van der Waals surface area contributed by atoms with E-state index in [2.05, 4.69) is 31.2 Å². The highest BCUT2D eigenvalue weighted by Crippen LogP contribution is 2.23. The smallest absolute Gasteiger partial charge is 0.146 e. The van der Waals surface area contributed by atoms with E-state index in [1.54, 1.807) is 0 Å². The van der Waals surface area contributed by atoms with Crippen molar-refractivity contribution in [3.63, 3.8) is 0 Å². The van der Waals surface area contributed by atoms with E-state index in [0.29, 0.717) is 0 Å². The molecule has 0 aliphatic heterocycles. The fourth-order valence-electron chi connectivity index (χ4n) is 1.67. The molecule has 0 amide bonds. The van der Waals surface area contributed by atoms with Crippen molar-refractivity contribution in [1.82, 2.24) is 0 Å². The average Bonchev–Trinajstić information content (AvgIpc) is 2.16. The summed E-state index contributed by atoms with van der Waals surface area (Å²) in [5, 5.41) is 0. The summed E-state index contributed by atoms with van der Waals surface area (Å²) in [5.74, 6) is 0. The van der Waals surface area contributed by atoms with Gasteiger partial charge in [0.2, 0.25) is 6.69 Å². The summed E-state index contributed by atoms with van der Waals surface area (Å²) in [6.45, 7) is 2.25. The van der Waals surface area contributed by atoms with Gasteiger partial charge in [0.25, 0.3) is 0 Å². The molecule has 0 heterocycles. The maximum atomic E-state index is 6.12. The van der Waals surface area contributed by atoms with Crippen LogP contribution in [0.2, 0.25) is 12.6 Å². The molecule has 1 aromatic rings. The SMILES string of the molecule is CCCc1ccccc1CC[Si](C)(Cl)Cl. The molecule has 0 aromatic heterocycles. The van der Waals surface area contributed by atoms with Crippen molar-refractivity contribution in [3.8, 4) is 0 Å². The Kier molecular flexibility index (Phi) is 5.17. The number of aryl methyl sites for hydroxylation is 2. The Balaban J connectivity index is 2.67. The number of halogens is 2. The van der Waals surface area contributed by atoms with Crippen LogP contribution in [0.3, 0.4) is 0 Å². The normalized spacial score (nSPS) is 11.7. The van der Waals surface area contributed by atoms with Crippen LogP contribution in [-0.4, -0.2) is 6.69 Å². The predicted octanol–water partition coefficient (Wildman–Crippen LogP) is 4.73. The van der Waals surface area contributed by atoms with Crippen LogP contribution >= 0.6 is 22.2 Å². The van der Waals surface area contributed by atoms with Gasteiger partial charge in [-0.25, -0.2) is 0 Å². The average molecular weight is 261 g/mol. The first-order chi connectivity index (χ1) is 7.03. The van der Waals surface area contributed by atoms with E-state index in [4.69, 9.17) is 22.2 Å². The molecule has 0 saturated carbocycles. The Morgan fingerprint density at radius 3 is 2.07 bits per heavy atom. The Hall–Kier alpha value is 0.0169. The van der Waals surface area contributed by atoms with E-state index in [1.807, 2.05) is 6.55 Å². The topological polar surface area (TPSA) is 0 Å². The van der Waals surface area contributed by atoms with Gasteiger partial charge < -0.3 is 0 Å². The van der Waals surface area contributed by atoms with Gasteiger partial charge in [-0.15, -0.1) is 22.2 Å². The van der Waals surface area contributed by atoms with Gasteiger partial charge in [0.15, 0.2) is 0 Å². The van der Waals surface area contributed by atoms with Crippen molar-refractivity contribution >= 4 is 28.9 Å². The lowest BCUT2D eigenvalue weighted by atomic mass is 10.0. The minimum Gasteiger partial charge on any atom is -0.146 e. The quantitative estimate of drug-likeness (QED) is 0.531. The van der Waals surface area contributed by atoms with E-state index in [-0.39, 0.29) is 0 Å². The number of hydrogen-bond donors (Lipinski definition) is 0.